The van der Waals surface area contributed by atoms with Gasteiger partial charge in [0, 0.05) is 24.4 Å². The first-order valence-corrected chi connectivity index (χ1v) is 9.65. The second-order valence-electron chi connectivity index (χ2n) is 7.62. The summed E-state index contributed by atoms with van der Waals surface area (Å²) in [5.41, 5.74) is 1.31. The van der Waals surface area contributed by atoms with E-state index in [-0.39, 0.29) is 11.3 Å². The van der Waals surface area contributed by atoms with Crippen LogP contribution in [-0.4, -0.2) is 38.3 Å². The molecule has 1 saturated heterocycles. The Balaban J connectivity index is 1.45. The summed E-state index contributed by atoms with van der Waals surface area (Å²) in [6, 6.07) is 6.66. The number of rotatable bonds is 5. The van der Waals surface area contributed by atoms with Crippen LogP contribution >= 0.6 is 0 Å². The molecule has 4 rings (SSSR count). The van der Waals surface area contributed by atoms with E-state index >= 15 is 0 Å². The largest absolute Gasteiger partial charge is 0.486 e. The fraction of sp³-hybridized carbons (Fsp3) is 0.650. The van der Waals surface area contributed by atoms with E-state index < -0.39 is 0 Å². The minimum Gasteiger partial charge on any atom is -0.486 e. The van der Waals surface area contributed by atoms with Crippen LogP contribution in [0.15, 0.2) is 18.2 Å². The minimum absolute atomic E-state index is 0.0363. The summed E-state index contributed by atoms with van der Waals surface area (Å²) < 4.78 is 11.4. The SMILES string of the molecule is O=C(CC1CCCN1)NCC1(c2ccc3c(c2)OCCO3)CCCC1. The van der Waals surface area contributed by atoms with Crippen LogP contribution in [0, 0.1) is 0 Å². The Morgan fingerprint density at radius 1 is 1.16 bits per heavy atom. The van der Waals surface area contributed by atoms with E-state index in [1.807, 2.05) is 6.07 Å². The number of fused-ring (bicyclic) bond motifs is 1. The Hall–Kier alpha value is -1.75. The van der Waals surface area contributed by atoms with E-state index in [4.69, 9.17) is 9.47 Å². The van der Waals surface area contributed by atoms with E-state index in [0.717, 1.165) is 43.9 Å². The number of carbonyl (C=O) groups is 1. The first kappa shape index (κ1) is 16.7. The number of ether oxygens (including phenoxy) is 2. The van der Waals surface area contributed by atoms with Gasteiger partial charge in [-0.3, -0.25) is 4.79 Å². The molecule has 1 unspecified atom stereocenters. The highest BCUT2D eigenvalue weighted by Gasteiger charge is 2.37. The maximum Gasteiger partial charge on any atom is 0.221 e. The third-order valence-corrected chi connectivity index (χ3v) is 5.93. The quantitative estimate of drug-likeness (QED) is 0.862. The molecule has 1 aliphatic carbocycles. The van der Waals surface area contributed by atoms with Gasteiger partial charge in [-0.15, -0.1) is 0 Å². The lowest BCUT2D eigenvalue weighted by Gasteiger charge is -2.31. The number of hydrogen-bond acceptors (Lipinski definition) is 4. The summed E-state index contributed by atoms with van der Waals surface area (Å²) in [6.07, 6.45) is 7.56. The number of amides is 1. The van der Waals surface area contributed by atoms with Crippen LogP contribution < -0.4 is 20.1 Å². The third-order valence-electron chi connectivity index (χ3n) is 5.93. The van der Waals surface area contributed by atoms with Crippen LogP contribution in [0.25, 0.3) is 0 Å². The van der Waals surface area contributed by atoms with Crippen molar-refractivity contribution in [2.45, 2.75) is 56.4 Å². The van der Waals surface area contributed by atoms with Gasteiger partial charge in [-0.2, -0.15) is 0 Å². The van der Waals surface area contributed by atoms with Crippen molar-refractivity contribution in [3.8, 4) is 11.5 Å². The highest BCUT2D eigenvalue weighted by atomic mass is 16.6. The molecule has 2 fully saturated rings. The zero-order valence-corrected chi connectivity index (χ0v) is 14.8. The Bertz CT molecular complexity index is 619. The fourth-order valence-electron chi connectivity index (χ4n) is 4.49. The summed E-state index contributed by atoms with van der Waals surface area (Å²) in [5.74, 6) is 1.85. The predicted molar refractivity (Wildman–Crippen MR) is 96.2 cm³/mol. The van der Waals surface area contributed by atoms with Gasteiger partial charge in [0.15, 0.2) is 11.5 Å². The van der Waals surface area contributed by atoms with Crippen LogP contribution in [0.2, 0.25) is 0 Å². The van der Waals surface area contributed by atoms with E-state index in [0.29, 0.717) is 25.7 Å². The zero-order chi connectivity index (χ0) is 17.1. The topological polar surface area (TPSA) is 59.6 Å². The smallest absolute Gasteiger partial charge is 0.221 e. The molecule has 25 heavy (non-hydrogen) atoms. The van der Waals surface area contributed by atoms with Crippen LogP contribution in [0.5, 0.6) is 11.5 Å². The molecule has 5 nitrogen and oxygen atoms in total. The zero-order valence-electron chi connectivity index (χ0n) is 14.8. The number of carbonyl (C=O) groups excluding carboxylic acids is 1. The monoisotopic (exact) mass is 344 g/mol. The molecule has 3 aliphatic rings. The molecule has 2 N–H and O–H groups in total. The average molecular weight is 344 g/mol. The molecule has 0 aromatic heterocycles. The summed E-state index contributed by atoms with van der Waals surface area (Å²) in [7, 11) is 0. The van der Waals surface area contributed by atoms with E-state index in [9.17, 15) is 4.79 Å². The van der Waals surface area contributed by atoms with Crippen molar-refractivity contribution >= 4 is 5.91 Å². The second-order valence-corrected chi connectivity index (χ2v) is 7.62. The van der Waals surface area contributed by atoms with Crippen LogP contribution in [0.1, 0.15) is 50.5 Å². The van der Waals surface area contributed by atoms with Gasteiger partial charge in [-0.1, -0.05) is 18.9 Å². The number of hydrogen-bond donors (Lipinski definition) is 2. The van der Waals surface area contributed by atoms with Gasteiger partial charge in [-0.05, 0) is 49.9 Å². The highest BCUT2D eigenvalue weighted by molar-refractivity contribution is 5.76. The van der Waals surface area contributed by atoms with Crippen molar-refractivity contribution in [1.29, 1.82) is 0 Å². The Labute approximate surface area is 149 Å². The van der Waals surface area contributed by atoms with Crippen molar-refractivity contribution in [3.63, 3.8) is 0 Å². The van der Waals surface area contributed by atoms with Gasteiger partial charge in [-0.25, -0.2) is 0 Å². The standard InChI is InChI=1S/C20H28N2O3/c23-19(13-16-4-3-9-21-16)22-14-20(7-1-2-8-20)15-5-6-17-18(12-15)25-11-10-24-17/h5-6,12,16,21H,1-4,7-11,13-14H2,(H,22,23). The van der Waals surface area contributed by atoms with Gasteiger partial charge >= 0.3 is 0 Å². The molecule has 136 valence electrons. The molecule has 2 aliphatic heterocycles. The van der Waals surface area contributed by atoms with Crippen LogP contribution in [0.3, 0.4) is 0 Å². The molecular formula is C20H28N2O3. The number of nitrogens with one attached hydrogen (secondary N) is 2. The van der Waals surface area contributed by atoms with Crippen molar-refractivity contribution < 1.29 is 14.3 Å². The third kappa shape index (κ3) is 3.61. The number of benzene rings is 1. The lowest BCUT2D eigenvalue weighted by molar-refractivity contribution is -0.121. The van der Waals surface area contributed by atoms with E-state index in [1.165, 1.54) is 24.8 Å². The van der Waals surface area contributed by atoms with Gasteiger partial charge in [0.25, 0.3) is 0 Å². The lowest BCUT2D eigenvalue weighted by Crippen LogP contribution is -2.41. The summed E-state index contributed by atoms with van der Waals surface area (Å²) >= 11 is 0. The summed E-state index contributed by atoms with van der Waals surface area (Å²) in [5, 5.41) is 6.62. The molecule has 1 amide bonds. The van der Waals surface area contributed by atoms with Crippen molar-refractivity contribution in [1.82, 2.24) is 10.6 Å². The van der Waals surface area contributed by atoms with Gasteiger partial charge in [0.1, 0.15) is 13.2 Å². The fourth-order valence-corrected chi connectivity index (χ4v) is 4.49. The van der Waals surface area contributed by atoms with Crippen molar-refractivity contribution in [2.24, 2.45) is 0 Å². The molecule has 1 atom stereocenters. The van der Waals surface area contributed by atoms with Crippen LogP contribution in [0.4, 0.5) is 0 Å². The Morgan fingerprint density at radius 3 is 2.72 bits per heavy atom. The summed E-state index contributed by atoms with van der Waals surface area (Å²) in [6.45, 7) is 2.98. The highest BCUT2D eigenvalue weighted by Crippen LogP contribution is 2.43. The van der Waals surface area contributed by atoms with E-state index in [1.54, 1.807) is 0 Å². The maximum atomic E-state index is 12.4. The molecular weight excluding hydrogens is 316 g/mol. The molecule has 0 bridgehead atoms. The summed E-state index contributed by atoms with van der Waals surface area (Å²) in [4.78, 5) is 12.4. The second kappa shape index (κ2) is 7.24. The maximum absolute atomic E-state index is 12.4. The van der Waals surface area contributed by atoms with Gasteiger partial charge in [0.2, 0.25) is 5.91 Å². The molecule has 0 spiro atoms. The first-order chi connectivity index (χ1) is 12.3. The molecule has 1 aromatic rings. The first-order valence-electron chi connectivity index (χ1n) is 9.65. The molecule has 1 saturated carbocycles. The Kier molecular flexibility index (Phi) is 4.84. The molecule has 5 heteroatoms. The molecule has 2 heterocycles. The lowest BCUT2D eigenvalue weighted by atomic mass is 9.78. The van der Waals surface area contributed by atoms with E-state index in [2.05, 4.69) is 22.8 Å². The van der Waals surface area contributed by atoms with Crippen LogP contribution in [-0.2, 0) is 10.2 Å². The minimum atomic E-state index is 0.0363. The van der Waals surface area contributed by atoms with Gasteiger partial charge < -0.3 is 20.1 Å². The molecule has 1 aromatic carbocycles. The normalized spacial score (nSPS) is 24.2. The predicted octanol–water partition coefficient (Wildman–Crippen LogP) is 2.53. The van der Waals surface area contributed by atoms with Gasteiger partial charge in [0.05, 0.1) is 0 Å². The Morgan fingerprint density at radius 2 is 1.96 bits per heavy atom. The van der Waals surface area contributed by atoms with Crippen molar-refractivity contribution in [3.05, 3.63) is 23.8 Å². The van der Waals surface area contributed by atoms with Crippen molar-refractivity contribution in [2.75, 3.05) is 26.3 Å². The average Bonchev–Trinajstić information content (AvgIpc) is 3.32. The molecule has 0 radical (unpaired) electrons.